The van der Waals surface area contributed by atoms with Gasteiger partial charge < -0.3 is 0 Å². The zero-order chi connectivity index (χ0) is 7.82. The summed E-state index contributed by atoms with van der Waals surface area (Å²) in [7, 11) is 0. The molecule has 0 fully saturated rings. The first-order valence-corrected chi connectivity index (χ1v) is 4.14. The molecule has 1 atom stereocenters. The molecule has 58 valence electrons. The van der Waals surface area contributed by atoms with Gasteiger partial charge in [-0.2, -0.15) is 0 Å². The van der Waals surface area contributed by atoms with Crippen LogP contribution >= 0.6 is 0 Å². The highest BCUT2D eigenvalue weighted by Crippen LogP contribution is 2.05. The first-order valence-electron chi connectivity index (χ1n) is 4.14. The predicted octanol–water partition coefficient (Wildman–Crippen LogP) is 3.55. The van der Waals surface area contributed by atoms with Crippen molar-refractivity contribution in [2.45, 2.75) is 33.1 Å². The van der Waals surface area contributed by atoms with Crippen LogP contribution in [0.2, 0.25) is 0 Å². The molecular weight excluding hydrogens is 120 g/mol. The SMILES string of the molecule is C=CC(C=CCCC)CC. The van der Waals surface area contributed by atoms with Crippen LogP contribution in [0.1, 0.15) is 33.1 Å². The van der Waals surface area contributed by atoms with E-state index >= 15 is 0 Å². The number of rotatable bonds is 5. The summed E-state index contributed by atoms with van der Waals surface area (Å²) in [5, 5.41) is 0. The average molecular weight is 138 g/mol. The molecule has 0 amide bonds. The number of hydrogen-bond donors (Lipinski definition) is 0. The molecule has 0 aromatic carbocycles. The first kappa shape index (κ1) is 9.48. The molecule has 0 nitrogen and oxygen atoms in total. The van der Waals surface area contributed by atoms with Gasteiger partial charge in [0, 0.05) is 0 Å². The van der Waals surface area contributed by atoms with Crippen LogP contribution in [0.3, 0.4) is 0 Å². The molecule has 0 radical (unpaired) electrons. The second-order valence-corrected chi connectivity index (χ2v) is 2.52. The molecule has 10 heavy (non-hydrogen) atoms. The Labute approximate surface area is 64.6 Å². The number of allylic oxidation sites excluding steroid dienone is 3. The van der Waals surface area contributed by atoms with Crippen molar-refractivity contribution in [1.29, 1.82) is 0 Å². The Hall–Kier alpha value is -0.520. The fraction of sp³-hybridized carbons (Fsp3) is 0.600. The van der Waals surface area contributed by atoms with Crippen molar-refractivity contribution in [3.05, 3.63) is 24.8 Å². The summed E-state index contributed by atoms with van der Waals surface area (Å²) < 4.78 is 0. The fourth-order valence-electron chi connectivity index (χ4n) is 0.819. The highest BCUT2D eigenvalue weighted by Gasteiger charge is 1.91. The summed E-state index contributed by atoms with van der Waals surface area (Å²) in [5.74, 6) is 0.589. The summed E-state index contributed by atoms with van der Waals surface area (Å²) in [6, 6.07) is 0. The van der Waals surface area contributed by atoms with Crippen molar-refractivity contribution in [3.63, 3.8) is 0 Å². The molecule has 0 N–H and O–H groups in total. The van der Waals surface area contributed by atoms with Crippen molar-refractivity contribution in [2.75, 3.05) is 0 Å². The van der Waals surface area contributed by atoms with E-state index in [1.54, 1.807) is 0 Å². The fourth-order valence-corrected chi connectivity index (χ4v) is 0.819. The highest BCUT2D eigenvalue weighted by molar-refractivity contribution is 4.96. The van der Waals surface area contributed by atoms with Gasteiger partial charge in [0.1, 0.15) is 0 Å². The summed E-state index contributed by atoms with van der Waals surface area (Å²) in [6.45, 7) is 8.14. The van der Waals surface area contributed by atoms with E-state index in [4.69, 9.17) is 0 Å². The lowest BCUT2D eigenvalue weighted by Gasteiger charge is -1.99. The van der Waals surface area contributed by atoms with Gasteiger partial charge in [-0.25, -0.2) is 0 Å². The van der Waals surface area contributed by atoms with E-state index in [-0.39, 0.29) is 0 Å². The van der Waals surface area contributed by atoms with Crippen LogP contribution in [-0.2, 0) is 0 Å². The lowest BCUT2D eigenvalue weighted by Crippen LogP contribution is -1.85. The van der Waals surface area contributed by atoms with Crippen molar-refractivity contribution in [1.82, 2.24) is 0 Å². The lowest BCUT2D eigenvalue weighted by molar-refractivity contribution is 0.769. The molecule has 0 aliphatic heterocycles. The van der Waals surface area contributed by atoms with Gasteiger partial charge in [-0.1, -0.05) is 38.5 Å². The molecule has 0 rings (SSSR count). The van der Waals surface area contributed by atoms with E-state index in [9.17, 15) is 0 Å². The second-order valence-electron chi connectivity index (χ2n) is 2.52. The van der Waals surface area contributed by atoms with E-state index in [0.29, 0.717) is 5.92 Å². The second kappa shape index (κ2) is 6.60. The molecule has 0 heterocycles. The maximum atomic E-state index is 3.76. The average Bonchev–Trinajstić information content (AvgIpc) is 1.99. The maximum absolute atomic E-state index is 3.76. The Morgan fingerprint density at radius 1 is 1.40 bits per heavy atom. The highest BCUT2D eigenvalue weighted by atomic mass is 14.0. The van der Waals surface area contributed by atoms with Crippen LogP contribution in [-0.4, -0.2) is 0 Å². The Balaban J connectivity index is 3.50. The Kier molecular flexibility index (Phi) is 6.25. The van der Waals surface area contributed by atoms with Crippen molar-refractivity contribution >= 4 is 0 Å². The van der Waals surface area contributed by atoms with Crippen LogP contribution in [0, 0.1) is 5.92 Å². The summed E-state index contributed by atoms with van der Waals surface area (Å²) in [6.07, 6.45) is 10.1. The molecule has 0 heteroatoms. The van der Waals surface area contributed by atoms with Crippen LogP contribution < -0.4 is 0 Å². The Morgan fingerprint density at radius 2 is 2.10 bits per heavy atom. The molecule has 0 aromatic rings. The molecule has 1 unspecified atom stereocenters. The minimum absolute atomic E-state index is 0.589. The van der Waals surface area contributed by atoms with Crippen LogP contribution in [0.4, 0.5) is 0 Å². The van der Waals surface area contributed by atoms with Gasteiger partial charge in [-0.05, 0) is 18.8 Å². The van der Waals surface area contributed by atoms with E-state index in [2.05, 4.69) is 32.6 Å². The molecule has 0 saturated carbocycles. The van der Waals surface area contributed by atoms with Crippen LogP contribution in [0.15, 0.2) is 24.8 Å². The molecular formula is C10H18. The van der Waals surface area contributed by atoms with Gasteiger partial charge in [-0.3, -0.25) is 0 Å². The van der Waals surface area contributed by atoms with Crippen molar-refractivity contribution in [3.8, 4) is 0 Å². The van der Waals surface area contributed by atoms with Crippen LogP contribution in [0.5, 0.6) is 0 Å². The van der Waals surface area contributed by atoms with Crippen LogP contribution in [0.25, 0.3) is 0 Å². The van der Waals surface area contributed by atoms with Gasteiger partial charge in [-0.15, -0.1) is 6.58 Å². The van der Waals surface area contributed by atoms with E-state index < -0.39 is 0 Å². The molecule has 0 bridgehead atoms. The zero-order valence-corrected chi connectivity index (χ0v) is 7.14. The predicted molar refractivity (Wildman–Crippen MR) is 48.0 cm³/mol. The molecule has 0 aliphatic carbocycles. The zero-order valence-electron chi connectivity index (χ0n) is 7.14. The van der Waals surface area contributed by atoms with Gasteiger partial charge in [0.2, 0.25) is 0 Å². The smallest absolute Gasteiger partial charge is 0.00588 e. The Bertz CT molecular complexity index is 101. The van der Waals surface area contributed by atoms with Gasteiger partial charge in [0.15, 0.2) is 0 Å². The first-order chi connectivity index (χ1) is 4.85. The lowest BCUT2D eigenvalue weighted by atomic mass is 10.1. The van der Waals surface area contributed by atoms with E-state index in [0.717, 1.165) is 0 Å². The molecule has 0 aliphatic rings. The topological polar surface area (TPSA) is 0 Å². The van der Waals surface area contributed by atoms with E-state index in [1.165, 1.54) is 19.3 Å². The number of hydrogen-bond acceptors (Lipinski definition) is 0. The van der Waals surface area contributed by atoms with E-state index in [1.807, 2.05) is 6.08 Å². The van der Waals surface area contributed by atoms with Gasteiger partial charge >= 0.3 is 0 Å². The monoisotopic (exact) mass is 138 g/mol. The number of unbranched alkanes of at least 4 members (excludes halogenated alkanes) is 1. The van der Waals surface area contributed by atoms with Gasteiger partial charge in [0.05, 0.1) is 0 Å². The third kappa shape index (κ3) is 4.37. The maximum Gasteiger partial charge on any atom is -0.00588 e. The largest absolute Gasteiger partial charge is 0.102 e. The minimum atomic E-state index is 0.589. The van der Waals surface area contributed by atoms with Gasteiger partial charge in [0.25, 0.3) is 0 Å². The molecule has 0 aromatic heterocycles. The molecule has 0 spiro atoms. The van der Waals surface area contributed by atoms with Crippen molar-refractivity contribution < 1.29 is 0 Å². The van der Waals surface area contributed by atoms with Crippen molar-refractivity contribution in [2.24, 2.45) is 5.92 Å². The Morgan fingerprint density at radius 3 is 2.50 bits per heavy atom. The minimum Gasteiger partial charge on any atom is -0.102 e. The standard InChI is InChI=1S/C10H18/c1-4-7-8-9-10(5-2)6-3/h5,8-10H,2,4,6-7H2,1,3H3. The molecule has 0 saturated heterocycles. The summed E-state index contributed by atoms with van der Waals surface area (Å²) in [5.41, 5.74) is 0. The summed E-state index contributed by atoms with van der Waals surface area (Å²) >= 11 is 0. The quantitative estimate of drug-likeness (QED) is 0.510. The normalized spacial score (nSPS) is 13.8. The third-order valence-electron chi connectivity index (χ3n) is 1.61. The summed E-state index contributed by atoms with van der Waals surface area (Å²) in [4.78, 5) is 0. The third-order valence-corrected chi connectivity index (χ3v) is 1.61.